The Bertz CT molecular complexity index is 252. The summed E-state index contributed by atoms with van der Waals surface area (Å²) in [5, 5.41) is 0. The molecule has 1 aromatic rings. The highest BCUT2D eigenvalue weighted by Gasteiger charge is 2.00. The van der Waals surface area contributed by atoms with Gasteiger partial charge < -0.3 is 10.5 Å². The van der Waals surface area contributed by atoms with Crippen molar-refractivity contribution in [2.75, 3.05) is 12.3 Å². The van der Waals surface area contributed by atoms with Crippen LogP contribution in [0.1, 0.15) is 6.92 Å². The van der Waals surface area contributed by atoms with Gasteiger partial charge in [-0.15, -0.1) is 0 Å². The van der Waals surface area contributed by atoms with Gasteiger partial charge in [0.15, 0.2) is 11.6 Å². The standard InChI is InChI=1S/C7H9FN2O/c1-2-11-5-3-6(8)7(9)10-4-5/h3-4H,2H2,1H3,(H2,9,10). The molecule has 1 rings (SSSR count). The highest BCUT2D eigenvalue weighted by Crippen LogP contribution is 2.14. The molecule has 0 spiro atoms. The van der Waals surface area contributed by atoms with E-state index in [9.17, 15) is 4.39 Å². The summed E-state index contributed by atoms with van der Waals surface area (Å²) in [6, 6.07) is 1.21. The molecule has 0 radical (unpaired) electrons. The molecule has 2 N–H and O–H groups in total. The van der Waals surface area contributed by atoms with Crippen LogP contribution in [0.2, 0.25) is 0 Å². The highest BCUT2D eigenvalue weighted by atomic mass is 19.1. The summed E-state index contributed by atoms with van der Waals surface area (Å²) in [6.45, 7) is 2.30. The van der Waals surface area contributed by atoms with E-state index in [0.29, 0.717) is 12.4 Å². The van der Waals surface area contributed by atoms with Crippen molar-refractivity contribution in [1.29, 1.82) is 0 Å². The van der Waals surface area contributed by atoms with Gasteiger partial charge in [-0.3, -0.25) is 0 Å². The van der Waals surface area contributed by atoms with Gasteiger partial charge in [0.25, 0.3) is 0 Å². The normalized spacial score (nSPS) is 9.64. The first kappa shape index (κ1) is 7.78. The molecule has 0 aliphatic heterocycles. The molecule has 0 aromatic carbocycles. The lowest BCUT2D eigenvalue weighted by Gasteiger charge is -2.01. The molecule has 0 saturated heterocycles. The van der Waals surface area contributed by atoms with Crippen molar-refractivity contribution in [2.24, 2.45) is 0 Å². The van der Waals surface area contributed by atoms with Crippen molar-refractivity contribution < 1.29 is 9.13 Å². The summed E-state index contributed by atoms with van der Waals surface area (Å²) < 4.78 is 17.6. The minimum atomic E-state index is -0.545. The topological polar surface area (TPSA) is 48.1 Å². The molecule has 0 bridgehead atoms. The van der Waals surface area contributed by atoms with Crippen LogP contribution >= 0.6 is 0 Å². The monoisotopic (exact) mass is 156 g/mol. The predicted molar refractivity (Wildman–Crippen MR) is 39.8 cm³/mol. The number of halogens is 1. The van der Waals surface area contributed by atoms with Crippen LogP contribution in [-0.4, -0.2) is 11.6 Å². The van der Waals surface area contributed by atoms with Gasteiger partial charge in [-0.2, -0.15) is 0 Å². The molecule has 1 heterocycles. The highest BCUT2D eigenvalue weighted by molar-refractivity contribution is 5.34. The summed E-state index contributed by atoms with van der Waals surface area (Å²) in [7, 11) is 0. The van der Waals surface area contributed by atoms with E-state index in [4.69, 9.17) is 10.5 Å². The lowest BCUT2D eigenvalue weighted by atomic mass is 10.4. The molecule has 11 heavy (non-hydrogen) atoms. The number of aromatic nitrogens is 1. The van der Waals surface area contributed by atoms with Crippen LogP contribution in [0.3, 0.4) is 0 Å². The molecule has 0 aliphatic rings. The molecule has 0 fully saturated rings. The number of hydrogen-bond acceptors (Lipinski definition) is 3. The smallest absolute Gasteiger partial charge is 0.168 e. The second-order valence-corrected chi connectivity index (χ2v) is 1.97. The maximum Gasteiger partial charge on any atom is 0.168 e. The SMILES string of the molecule is CCOc1cnc(N)c(F)c1. The summed E-state index contributed by atoms with van der Waals surface area (Å²) >= 11 is 0. The van der Waals surface area contributed by atoms with E-state index in [1.54, 1.807) is 0 Å². The first-order valence-electron chi connectivity index (χ1n) is 3.28. The average Bonchev–Trinajstić information content (AvgIpc) is 1.98. The van der Waals surface area contributed by atoms with Gasteiger partial charge in [0, 0.05) is 6.07 Å². The van der Waals surface area contributed by atoms with E-state index < -0.39 is 5.82 Å². The Labute approximate surface area is 64.0 Å². The van der Waals surface area contributed by atoms with Crippen LogP contribution in [0.4, 0.5) is 10.2 Å². The molecule has 4 heteroatoms. The van der Waals surface area contributed by atoms with Gasteiger partial charge in [-0.05, 0) is 6.92 Å². The van der Waals surface area contributed by atoms with Crippen LogP contribution in [-0.2, 0) is 0 Å². The molecule has 0 unspecified atom stereocenters. The molecule has 0 saturated carbocycles. The Balaban J connectivity index is 2.86. The van der Waals surface area contributed by atoms with Gasteiger partial charge in [0.1, 0.15) is 5.75 Å². The number of nitrogen functional groups attached to an aromatic ring is 1. The Morgan fingerprint density at radius 2 is 2.45 bits per heavy atom. The quantitative estimate of drug-likeness (QED) is 0.699. The minimum Gasteiger partial charge on any atom is -0.492 e. The van der Waals surface area contributed by atoms with E-state index in [1.807, 2.05) is 6.92 Å². The number of anilines is 1. The minimum absolute atomic E-state index is 0.103. The van der Waals surface area contributed by atoms with Crippen LogP contribution < -0.4 is 10.5 Å². The third-order valence-electron chi connectivity index (χ3n) is 1.16. The fourth-order valence-electron chi connectivity index (χ4n) is 0.677. The molecular formula is C7H9FN2O. The Morgan fingerprint density at radius 3 is 3.00 bits per heavy atom. The zero-order chi connectivity index (χ0) is 8.27. The van der Waals surface area contributed by atoms with Crippen molar-refractivity contribution in [2.45, 2.75) is 6.92 Å². The Morgan fingerprint density at radius 1 is 1.73 bits per heavy atom. The maximum absolute atomic E-state index is 12.6. The summed E-state index contributed by atoms with van der Waals surface area (Å²) in [5.41, 5.74) is 5.14. The van der Waals surface area contributed by atoms with E-state index in [2.05, 4.69) is 4.98 Å². The van der Waals surface area contributed by atoms with Gasteiger partial charge in [0.2, 0.25) is 0 Å². The van der Waals surface area contributed by atoms with E-state index in [-0.39, 0.29) is 5.82 Å². The first-order valence-corrected chi connectivity index (χ1v) is 3.28. The molecule has 0 aliphatic carbocycles. The van der Waals surface area contributed by atoms with E-state index in [1.165, 1.54) is 12.3 Å². The number of ether oxygens (including phenoxy) is 1. The number of rotatable bonds is 2. The summed E-state index contributed by atoms with van der Waals surface area (Å²) in [6.07, 6.45) is 1.39. The zero-order valence-electron chi connectivity index (χ0n) is 6.17. The van der Waals surface area contributed by atoms with Gasteiger partial charge in [0.05, 0.1) is 12.8 Å². The summed E-state index contributed by atoms with van der Waals surface area (Å²) in [5.74, 6) is -0.247. The lowest BCUT2D eigenvalue weighted by molar-refractivity contribution is 0.337. The third-order valence-corrected chi connectivity index (χ3v) is 1.16. The third kappa shape index (κ3) is 1.80. The van der Waals surface area contributed by atoms with Crippen LogP contribution in [0, 0.1) is 5.82 Å². The van der Waals surface area contributed by atoms with Crippen molar-refractivity contribution in [1.82, 2.24) is 4.98 Å². The Hall–Kier alpha value is -1.32. The van der Waals surface area contributed by atoms with Gasteiger partial charge in [-0.25, -0.2) is 9.37 Å². The van der Waals surface area contributed by atoms with Crippen LogP contribution in [0.15, 0.2) is 12.3 Å². The van der Waals surface area contributed by atoms with Crippen LogP contribution in [0.25, 0.3) is 0 Å². The van der Waals surface area contributed by atoms with Gasteiger partial charge in [-0.1, -0.05) is 0 Å². The molecule has 3 nitrogen and oxygen atoms in total. The second kappa shape index (κ2) is 3.18. The second-order valence-electron chi connectivity index (χ2n) is 1.97. The van der Waals surface area contributed by atoms with E-state index >= 15 is 0 Å². The molecular weight excluding hydrogens is 147 g/mol. The van der Waals surface area contributed by atoms with Crippen molar-refractivity contribution in [3.8, 4) is 5.75 Å². The first-order chi connectivity index (χ1) is 5.24. The van der Waals surface area contributed by atoms with Crippen LogP contribution in [0.5, 0.6) is 5.75 Å². The largest absolute Gasteiger partial charge is 0.492 e. The molecule has 1 aromatic heterocycles. The number of pyridine rings is 1. The van der Waals surface area contributed by atoms with E-state index in [0.717, 1.165) is 0 Å². The number of nitrogens with two attached hydrogens (primary N) is 1. The fourth-order valence-corrected chi connectivity index (χ4v) is 0.677. The predicted octanol–water partition coefficient (Wildman–Crippen LogP) is 1.20. The maximum atomic E-state index is 12.6. The molecule has 60 valence electrons. The summed E-state index contributed by atoms with van der Waals surface area (Å²) in [4.78, 5) is 3.58. The molecule has 0 amide bonds. The van der Waals surface area contributed by atoms with Crippen molar-refractivity contribution >= 4 is 5.82 Å². The van der Waals surface area contributed by atoms with Crippen molar-refractivity contribution in [3.05, 3.63) is 18.1 Å². The van der Waals surface area contributed by atoms with Crippen molar-refractivity contribution in [3.63, 3.8) is 0 Å². The fraction of sp³-hybridized carbons (Fsp3) is 0.286. The lowest BCUT2D eigenvalue weighted by Crippen LogP contribution is -1.97. The zero-order valence-corrected chi connectivity index (χ0v) is 6.17. The van der Waals surface area contributed by atoms with Gasteiger partial charge >= 0.3 is 0 Å². The molecule has 0 atom stereocenters. The number of hydrogen-bond donors (Lipinski definition) is 1. The Kier molecular flexibility index (Phi) is 2.25. The number of nitrogens with zero attached hydrogens (tertiary/aromatic N) is 1. The average molecular weight is 156 g/mol.